The van der Waals surface area contributed by atoms with Gasteiger partial charge in [0, 0.05) is 0 Å². The quantitative estimate of drug-likeness (QED) is 0.783. The van der Waals surface area contributed by atoms with E-state index in [1.54, 1.807) is 6.92 Å². The number of nitrogens with one attached hydrogen (secondary N) is 1. The lowest BCUT2D eigenvalue weighted by Crippen LogP contribution is -2.51. The summed E-state index contributed by atoms with van der Waals surface area (Å²) in [5, 5.41) is 3.02. The molecule has 0 bridgehead atoms. The maximum Gasteiger partial charge on any atom is 0.243 e. The second-order valence-electron chi connectivity index (χ2n) is 3.78. The summed E-state index contributed by atoms with van der Waals surface area (Å²) in [6.45, 7) is 4.26. The summed E-state index contributed by atoms with van der Waals surface area (Å²) in [7, 11) is 0. The molecule has 0 saturated heterocycles. The molecule has 1 amide bonds. The van der Waals surface area contributed by atoms with Gasteiger partial charge in [-0.15, -0.1) is 0 Å². The maximum absolute atomic E-state index is 12.7. The Bertz CT molecular complexity index is 366. The zero-order valence-corrected chi connectivity index (χ0v) is 9.46. The molecule has 4 nitrogen and oxygen atoms in total. The third-order valence-corrected chi connectivity index (χ3v) is 2.46. The molecule has 88 valence electrons. The smallest absolute Gasteiger partial charge is 0.243 e. The van der Waals surface area contributed by atoms with Crippen LogP contribution >= 0.6 is 0 Å². The van der Waals surface area contributed by atoms with Crippen LogP contribution in [0.4, 0.5) is 4.39 Å². The summed E-state index contributed by atoms with van der Waals surface area (Å²) in [5.74, 6) is -0.967. The average molecular weight is 225 g/mol. The van der Waals surface area contributed by atoms with E-state index < -0.39 is 17.3 Å². The van der Waals surface area contributed by atoms with Gasteiger partial charge in [0.15, 0.2) is 0 Å². The third-order valence-electron chi connectivity index (χ3n) is 2.46. The molecule has 0 spiro atoms. The lowest BCUT2D eigenvalue weighted by molar-refractivity contribution is -0.124. The fourth-order valence-corrected chi connectivity index (χ4v) is 1.35. The number of carbonyl (C=O) groups is 1. The lowest BCUT2D eigenvalue weighted by atomic mass is 9.96. The molecule has 1 aromatic heterocycles. The van der Waals surface area contributed by atoms with Gasteiger partial charge in [-0.25, -0.2) is 4.39 Å². The van der Waals surface area contributed by atoms with Crippen molar-refractivity contribution in [3.63, 3.8) is 0 Å². The molecule has 3 N–H and O–H groups in total. The van der Waals surface area contributed by atoms with E-state index in [2.05, 4.69) is 10.3 Å². The van der Waals surface area contributed by atoms with Crippen LogP contribution in [-0.2, 0) is 10.3 Å². The Morgan fingerprint density at radius 2 is 2.31 bits per heavy atom. The summed E-state index contributed by atoms with van der Waals surface area (Å²) in [5.41, 5.74) is 4.72. The van der Waals surface area contributed by atoms with Crippen molar-refractivity contribution in [3.8, 4) is 0 Å². The molecule has 0 radical (unpaired) electrons. The number of hydrogen-bond donors (Lipinski definition) is 2. The number of halogens is 1. The molecule has 0 aliphatic carbocycles. The third kappa shape index (κ3) is 2.55. The van der Waals surface area contributed by atoms with Crippen LogP contribution in [-0.4, -0.2) is 17.4 Å². The van der Waals surface area contributed by atoms with Gasteiger partial charge >= 0.3 is 0 Å². The highest BCUT2D eigenvalue weighted by molar-refractivity contribution is 5.85. The molecular weight excluding hydrogens is 209 g/mol. The molecule has 0 aliphatic heterocycles. The van der Waals surface area contributed by atoms with Gasteiger partial charge in [0.2, 0.25) is 5.91 Å². The Labute approximate surface area is 94.1 Å². The van der Waals surface area contributed by atoms with Crippen molar-refractivity contribution in [2.45, 2.75) is 25.8 Å². The van der Waals surface area contributed by atoms with Gasteiger partial charge in [-0.05, 0) is 32.0 Å². The monoisotopic (exact) mass is 225 g/mol. The maximum atomic E-state index is 12.7. The largest absolute Gasteiger partial charge is 0.368 e. The van der Waals surface area contributed by atoms with Crippen LogP contribution in [0.15, 0.2) is 18.3 Å². The standard InChI is InChI=1S/C11H16FN3O/c1-3-6-15-11(2,10(13)16)9-5-4-8(12)7-14-9/h4-5,7,15H,3,6H2,1-2H3,(H2,13,16). The van der Waals surface area contributed by atoms with Gasteiger partial charge in [0.1, 0.15) is 11.4 Å². The zero-order chi connectivity index (χ0) is 12.2. The first kappa shape index (κ1) is 12.6. The molecule has 1 rings (SSSR count). The van der Waals surface area contributed by atoms with Crippen LogP contribution < -0.4 is 11.1 Å². The fourth-order valence-electron chi connectivity index (χ4n) is 1.35. The van der Waals surface area contributed by atoms with Crippen LogP contribution in [0.25, 0.3) is 0 Å². The summed E-state index contributed by atoms with van der Waals surface area (Å²) < 4.78 is 12.7. The predicted octanol–water partition coefficient (Wildman–Crippen LogP) is 0.921. The van der Waals surface area contributed by atoms with Crippen LogP contribution in [0.5, 0.6) is 0 Å². The lowest BCUT2D eigenvalue weighted by Gasteiger charge is -2.26. The Balaban J connectivity index is 3.01. The minimum Gasteiger partial charge on any atom is -0.368 e. The summed E-state index contributed by atoms with van der Waals surface area (Å²) >= 11 is 0. The first-order valence-corrected chi connectivity index (χ1v) is 5.17. The van der Waals surface area contributed by atoms with Gasteiger partial charge in [-0.3, -0.25) is 15.1 Å². The van der Waals surface area contributed by atoms with E-state index >= 15 is 0 Å². The number of primary amides is 1. The van der Waals surface area contributed by atoms with Crippen molar-refractivity contribution in [1.29, 1.82) is 0 Å². The number of amides is 1. The summed E-state index contributed by atoms with van der Waals surface area (Å²) in [6.07, 6.45) is 1.94. The molecule has 1 heterocycles. The minimum atomic E-state index is -1.05. The highest BCUT2D eigenvalue weighted by Gasteiger charge is 2.33. The van der Waals surface area contributed by atoms with E-state index in [4.69, 9.17) is 5.73 Å². The van der Waals surface area contributed by atoms with Crippen LogP contribution in [0.2, 0.25) is 0 Å². The van der Waals surface area contributed by atoms with Crippen molar-refractivity contribution < 1.29 is 9.18 Å². The molecule has 0 aromatic carbocycles. The zero-order valence-electron chi connectivity index (χ0n) is 9.46. The van der Waals surface area contributed by atoms with E-state index in [9.17, 15) is 9.18 Å². The molecule has 0 saturated carbocycles. The molecule has 16 heavy (non-hydrogen) atoms. The Hall–Kier alpha value is -1.49. The fraction of sp³-hybridized carbons (Fsp3) is 0.455. The Kier molecular flexibility index (Phi) is 3.95. The summed E-state index contributed by atoms with van der Waals surface area (Å²) in [6, 6.07) is 2.72. The SMILES string of the molecule is CCCNC(C)(C(N)=O)c1ccc(F)cn1. The van der Waals surface area contributed by atoms with Crippen molar-refractivity contribution in [1.82, 2.24) is 10.3 Å². The number of nitrogens with zero attached hydrogens (tertiary/aromatic N) is 1. The van der Waals surface area contributed by atoms with Crippen LogP contribution in [0.3, 0.4) is 0 Å². The van der Waals surface area contributed by atoms with Crippen molar-refractivity contribution in [2.24, 2.45) is 5.73 Å². The number of rotatable bonds is 5. The normalized spacial score (nSPS) is 14.4. The Morgan fingerprint density at radius 1 is 1.62 bits per heavy atom. The van der Waals surface area contributed by atoms with E-state index in [1.807, 2.05) is 6.92 Å². The van der Waals surface area contributed by atoms with Crippen molar-refractivity contribution in [2.75, 3.05) is 6.54 Å². The second kappa shape index (κ2) is 5.03. The van der Waals surface area contributed by atoms with Gasteiger partial charge in [-0.2, -0.15) is 0 Å². The van der Waals surface area contributed by atoms with Gasteiger partial charge in [0.05, 0.1) is 11.9 Å². The van der Waals surface area contributed by atoms with Gasteiger partial charge in [-0.1, -0.05) is 6.92 Å². The first-order chi connectivity index (χ1) is 7.50. The average Bonchev–Trinajstić information content (AvgIpc) is 2.26. The van der Waals surface area contributed by atoms with Crippen LogP contribution in [0.1, 0.15) is 26.0 Å². The van der Waals surface area contributed by atoms with E-state index in [0.717, 1.165) is 12.6 Å². The van der Waals surface area contributed by atoms with E-state index in [1.165, 1.54) is 12.1 Å². The number of aromatic nitrogens is 1. The second-order valence-corrected chi connectivity index (χ2v) is 3.78. The number of nitrogens with two attached hydrogens (primary N) is 1. The van der Waals surface area contributed by atoms with Crippen LogP contribution in [0, 0.1) is 5.82 Å². The topological polar surface area (TPSA) is 68.0 Å². The molecule has 1 unspecified atom stereocenters. The minimum absolute atomic E-state index is 0.426. The molecule has 5 heteroatoms. The number of pyridine rings is 1. The van der Waals surface area contributed by atoms with Crippen molar-refractivity contribution >= 4 is 5.91 Å². The van der Waals surface area contributed by atoms with E-state index in [-0.39, 0.29) is 0 Å². The predicted molar refractivity (Wildman–Crippen MR) is 59.0 cm³/mol. The highest BCUT2D eigenvalue weighted by atomic mass is 19.1. The molecular formula is C11H16FN3O. The van der Waals surface area contributed by atoms with E-state index in [0.29, 0.717) is 12.2 Å². The first-order valence-electron chi connectivity index (χ1n) is 5.17. The number of hydrogen-bond acceptors (Lipinski definition) is 3. The molecule has 1 aromatic rings. The van der Waals surface area contributed by atoms with Gasteiger partial charge in [0.25, 0.3) is 0 Å². The Morgan fingerprint density at radius 3 is 2.75 bits per heavy atom. The number of carbonyl (C=O) groups excluding carboxylic acids is 1. The summed E-state index contributed by atoms with van der Waals surface area (Å²) in [4.78, 5) is 15.3. The molecule has 0 fully saturated rings. The highest BCUT2D eigenvalue weighted by Crippen LogP contribution is 2.18. The molecule has 0 aliphatic rings. The molecule has 1 atom stereocenters. The van der Waals surface area contributed by atoms with Gasteiger partial charge < -0.3 is 5.73 Å². The van der Waals surface area contributed by atoms with Crippen molar-refractivity contribution in [3.05, 3.63) is 29.8 Å².